The third-order valence-corrected chi connectivity index (χ3v) is 4.83. The van der Waals surface area contributed by atoms with E-state index in [9.17, 15) is 55.3 Å². The lowest BCUT2D eigenvalue weighted by Crippen LogP contribution is -2.27. The van der Waals surface area contributed by atoms with Crippen LogP contribution >= 0.6 is 0 Å². The number of halogens is 9. The van der Waals surface area contributed by atoms with Gasteiger partial charge in [0.25, 0.3) is 0 Å². The zero-order valence-electron chi connectivity index (χ0n) is 17.8. The summed E-state index contributed by atoms with van der Waals surface area (Å²) in [6.45, 7) is 0. The van der Waals surface area contributed by atoms with Gasteiger partial charge in [0.2, 0.25) is 0 Å². The highest BCUT2D eigenvalue weighted by Gasteiger charge is 2.51. The standard InChI is InChI=1S/C23H3F9N6/c24-21(25,26)17-3-14(19(22(27,28)29)20(16(17)9-38)23(30,31)32)15(8-37)18-11(4-33)1-10(2-12(18)5-34)13(6-35)7-36/h1-3H. The van der Waals surface area contributed by atoms with Crippen molar-refractivity contribution >= 4 is 11.1 Å². The summed E-state index contributed by atoms with van der Waals surface area (Å²) in [7, 11) is 0. The fourth-order valence-electron chi connectivity index (χ4n) is 3.43. The topological polar surface area (TPSA) is 143 Å². The van der Waals surface area contributed by atoms with Gasteiger partial charge in [-0.15, -0.1) is 0 Å². The molecule has 0 saturated heterocycles. The van der Waals surface area contributed by atoms with Crippen LogP contribution in [0.25, 0.3) is 11.1 Å². The van der Waals surface area contributed by atoms with Crippen molar-refractivity contribution in [2.24, 2.45) is 0 Å². The summed E-state index contributed by atoms with van der Waals surface area (Å²) in [6.07, 6.45) is -18.1. The molecule has 0 fully saturated rings. The van der Waals surface area contributed by atoms with Gasteiger partial charge >= 0.3 is 18.5 Å². The van der Waals surface area contributed by atoms with Crippen molar-refractivity contribution in [1.29, 1.82) is 31.6 Å². The Morgan fingerprint density at radius 2 is 1.05 bits per heavy atom. The van der Waals surface area contributed by atoms with E-state index in [1.165, 1.54) is 24.3 Å². The molecular formula is C23H3F9N6. The van der Waals surface area contributed by atoms with Crippen LogP contribution in [-0.4, -0.2) is 0 Å². The first-order valence-electron chi connectivity index (χ1n) is 9.27. The zero-order chi connectivity index (χ0) is 29.2. The number of nitriles is 6. The fourth-order valence-corrected chi connectivity index (χ4v) is 3.43. The van der Waals surface area contributed by atoms with E-state index in [-0.39, 0.29) is 0 Å². The van der Waals surface area contributed by atoms with Crippen LogP contribution in [0.4, 0.5) is 39.5 Å². The van der Waals surface area contributed by atoms with Crippen molar-refractivity contribution in [1.82, 2.24) is 0 Å². The number of hydrogen-bond donors (Lipinski definition) is 0. The van der Waals surface area contributed by atoms with Crippen LogP contribution in [0.5, 0.6) is 0 Å². The molecule has 0 aliphatic rings. The molecule has 0 unspecified atom stereocenters. The van der Waals surface area contributed by atoms with Crippen LogP contribution in [0.2, 0.25) is 0 Å². The van der Waals surface area contributed by atoms with Gasteiger partial charge in [-0.1, -0.05) is 0 Å². The Hall–Kier alpha value is -5.51. The number of hydrogen-bond acceptors (Lipinski definition) is 6. The molecule has 38 heavy (non-hydrogen) atoms. The zero-order valence-corrected chi connectivity index (χ0v) is 17.8. The van der Waals surface area contributed by atoms with Crippen molar-refractivity contribution in [3.63, 3.8) is 0 Å². The molecule has 0 aliphatic carbocycles. The lowest BCUT2D eigenvalue weighted by molar-refractivity contribution is -0.164. The smallest absolute Gasteiger partial charge is 0.192 e. The van der Waals surface area contributed by atoms with Gasteiger partial charge in [0.1, 0.15) is 29.8 Å². The summed E-state index contributed by atoms with van der Waals surface area (Å²) in [5.74, 6) is 0. The van der Waals surface area contributed by atoms with E-state index in [1.54, 1.807) is 0 Å². The molecule has 0 amide bonds. The SMILES string of the molecule is N#CC(C#N)=c1cc(C#N)c(=C(C#N)c2cc(C(F)(F)F)c(C#N)c(C(F)(F)F)c2C(F)(F)F)c(C#N)c1. The first-order valence-corrected chi connectivity index (χ1v) is 9.27. The van der Waals surface area contributed by atoms with Crippen LogP contribution in [0.1, 0.15) is 38.9 Å². The van der Waals surface area contributed by atoms with Gasteiger partial charge in [0.15, 0.2) is 0 Å². The summed E-state index contributed by atoms with van der Waals surface area (Å²) in [5, 5.41) is 54.0. The van der Waals surface area contributed by atoms with E-state index in [0.29, 0.717) is 18.2 Å². The fraction of sp³-hybridized carbons (Fsp3) is 0.130. The molecule has 15 heteroatoms. The van der Waals surface area contributed by atoms with Crippen molar-refractivity contribution < 1.29 is 39.5 Å². The van der Waals surface area contributed by atoms with Crippen LogP contribution < -0.4 is 10.4 Å². The molecule has 0 heterocycles. The maximum Gasteiger partial charge on any atom is 0.418 e. The minimum Gasteiger partial charge on any atom is -0.192 e. The quantitative estimate of drug-likeness (QED) is 0.500. The van der Waals surface area contributed by atoms with Gasteiger partial charge in [-0.2, -0.15) is 71.1 Å². The van der Waals surface area contributed by atoms with Crippen LogP contribution in [-0.2, 0) is 18.5 Å². The Morgan fingerprint density at radius 1 is 0.579 bits per heavy atom. The summed E-state index contributed by atoms with van der Waals surface area (Å²) in [4.78, 5) is 0. The molecular weight excluding hydrogens is 531 g/mol. The molecule has 0 aromatic heterocycles. The molecule has 2 aromatic rings. The van der Waals surface area contributed by atoms with Gasteiger partial charge < -0.3 is 0 Å². The summed E-state index contributed by atoms with van der Waals surface area (Å²) in [6, 6.07) is 7.76. The molecule has 6 nitrogen and oxygen atoms in total. The highest BCUT2D eigenvalue weighted by Crippen LogP contribution is 2.48. The first-order chi connectivity index (χ1) is 17.5. The Labute approximate surface area is 205 Å². The van der Waals surface area contributed by atoms with Gasteiger partial charge in [-0.3, -0.25) is 0 Å². The third kappa shape index (κ3) is 5.05. The van der Waals surface area contributed by atoms with E-state index in [1.807, 2.05) is 0 Å². The minimum atomic E-state index is -6.18. The molecule has 0 atom stereocenters. The van der Waals surface area contributed by atoms with Crippen LogP contribution in [0.15, 0.2) is 18.2 Å². The van der Waals surface area contributed by atoms with Crippen molar-refractivity contribution in [2.45, 2.75) is 18.5 Å². The third-order valence-electron chi connectivity index (χ3n) is 4.83. The van der Waals surface area contributed by atoms with Crippen molar-refractivity contribution in [3.05, 3.63) is 67.6 Å². The Bertz CT molecular complexity index is 1680. The van der Waals surface area contributed by atoms with Crippen LogP contribution in [0.3, 0.4) is 0 Å². The molecule has 0 radical (unpaired) electrons. The predicted octanol–water partition coefficient (Wildman–Crippen LogP) is 4.28. The Balaban J connectivity index is 3.55. The first kappa shape index (κ1) is 28.7. The van der Waals surface area contributed by atoms with Gasteiger partial charge in [0, 0.05) is 16.0 Å². The molecule has 0 aliphatic heterocycles. The van der Waals surface area contributed by atoms with E-state index in [2.05, 4.69) is 0 Å². The maximum atomic E-state index is 14.0. The van der Waals surface area contributed by atoms with E-state index in [0.717, 1.165) is 6.07 Å². The number of benzene rings is 2. The average Bonchev–Trinajstić information content (AvgIpc) is 2.82. The lowest BCUT2D eigenvalue weighted by atomic mass is 9.86. The molecule has 188 valence electrons. The maximum absolute atomic E-state index is 14.0. The Kier molecular flexibility index (Phi) is 7.45. The normalized spacial score (nSPS) is 11.1. The largest absolute Gasteiger partial charge is 0.418 e. The Morgan fingerprint density at radius 3 is 1.37 bits per heavy atom. The van der Waals surface area contributed by atoms with E-state index >= 15 is 0 Å². The second kappa shape index (κ2) is 9.86. The molecule has 2 rings (SSSR count). The van der Waals surface area contributed by atoms with Crippen molar-refractivity contribution in [2.75, 3.05) is 0 Å². The summed E-state index contributed by atoms with van der Waals surface area (Å²) in [5.41, 5.74) is -16.9. The lowest BCUT2D eigenvalue weighted by Gasteiger charge is -2.23. The monoisotopic (exact) mass is 534 g/mol. The molecule has 0 spiro atoms. The number of rotatable bonds is 1. The molecule has 2 aromatic carbocycles. The number of alkyl halides is 9. The average molecular weight is 534 g/mol. The van der Waals surface area contributed by atoms with Gasteiger partial charge in [-0.05, 0) is 18.2 Å². The second-order valence-electron chi connectivity index (χ2n) is 6.96. The van der Waals surface area contributed by atoms with E-state index < -0.39 is 85.1 Å². The summed E-state index contributed by atoms with van der Waals surface area (Å²) >= 11 is 0. The van der Waals surface area contributed by atoms with Crippen LogP contribution in [0, 0.1) is 68.0 Å². The molecule has 0 saturated carbocycles. The highest BCUT2D eigenvalue weighted by atomic mass is 19.4. The highest BCUT2D eigenvalue weighted by molar-refractivity contribution is 5.83. The molecule has 0 bridgehead atoms. The van der Waals surface area contributed by atoms with Gasteiger partial charge in [0.05, 0.1) is 51.1 Å². The number of nitrogens with zero attached hydrogens (tertiary/aromatic N) is 6. The van der Waals surface area contributed by atoms with Gasteiger partial charge in [-0.25, -0.2) is 0 Å². The predicted molar refractivity (Wildman–Crippen MR) is 104 cm³/mol. The minimum absolute atomic E-state index is 0.438. The molecule has 0 N–H and O–H groups in total. The summed E-state index contributed by atoms with van der Waals surface area (Å²) < 4.78 is 124. The van der Waals surface area contributed by atoms with Crippen molar-refractivity contribution in [3.8, 4) is 36.4 Å². The second-order valence-corrected chi connectivity index (χ2v) is 6.96. The van der Waals surface area contributed by atoms with E-state index in [4.69, 9.17) is 15.8 Å².